The first-order valence-electron chi connectivity index (χ1n) is 7.74. The number of amides is 1. The molecule has 1 atom stereocenters. The number of piperidine rings is 1. The third-order valence-corrected chi connectivity index (χ3v) is 3.70. The summed E-state index contributed by atoms with van der Waals surface area (Å²) in [4.78, 5) is 23.0. The normalized spacial score (nSPS) is 16.4. The van der Waals surface area contributed by atoms with E-state index in [0.717, 1.165) is 43.9 Å². The maximum absolute atomic E-state index is 12.4. The second-order valence-electron chi connectivity index (χ2n) is 5.51. The molecule has 2 rings (SSSR count). The number of anilines is 2. The number of carbonyl (C=O) groups excluding carboxylic acids is 1. The minimum atomic E-state index is -0.272. The third kappa shape index (κ3) is 4.06. The predicted octanol–water partition coefficient (Wildman–Crippen LogP) is 2.03. The Bertz CT molecular complexity index is 485. The zero-order chi connectivity index (χ0) is 15.2. The van der Waals surface area contributed by atoms with Gasteiger partial charge in [-0.1, -0.05) is 0 Å². The van der Waals surface area contributed by atoms with Gasteiger partial charge in [0.2, 0.25) is 11.9 Å². The molecule has 6 nitrogen and oxygen atoms in total. The van der Waals surface area contributed by atoms with Crippen molar-refractivity contribution in [2.24, 2.45) is 0 Å². The van der Waals surface area contributed by atoms with Gasteiger partial charge in [0, 0.05) is 31.4 Å². The summed E-state index contributed by atoms with van der Waals surface area (Å²) in [5, 5.41) is 6.31. The van der Waals surface area contributed by atoms with Gasteiger partial charge < -0.3 is 15.5 Å². The topological polar surface area (TPSA) is 70.2 Å². The number of aryl methyl sites for hydroxylation is 1. The number of rotatable bonds is 5. The standard InChI is InChI=1S/C15H25N5O/c1-4-16-15-17-10-11(2)13(19-15)18-12(3)14(21)20-8-6-5-7-9-20/h10,12H,4-9H2,1-3H3,(H2,16,17,18,19). The Morgan fingerprint density at radius 3 is 2.76 bits per heavy atom. The fourth-order valence-electron chi connectivity index (χ4n) is 2.49. The zero-order valence-corrected chi connectivity index (χ0v) is 13.1. The van der Waals surface area contributed by atoms with Crippen LogP contribution in [0.15, 0.2) is 6.20 Å². The summed E-state index contributed by atoms with van der Waals surface area (Å²) in [5.41, 5.74) is 0.940. The Morgan fingerprint density at radius 1 is 1.38 bits per heavy atom. The molecule has 2 N–H and O–H groups in total. The molecule has 0 aromatic carbocycles. The molecule has 1 aliphatic rings. The molecule has 6 heteroatoms. The van der Waals surface area contributed by atoms with Crippen LogP contribution in [-0.4, -0.2) is 46.5 Å². The molecule has 1 unspecified atom stereocenters. The van der Waals surface area contributed by atoms with Gasteiger partial charge in [-0.15, -0.1) is 0 Å². The lowest BCUT2D eigenvalue weighted by atomic mass is 10.1. The maximum atomic E-state index is 12.4. The summed E-state index contributed by atoms with van der Waals surface area (Å²) >= 11 is 0. The highest BCUT2D eigenvalue weighted by Gasteiger charge is 2.22. The van der Waals surface area contributed by atoms with Crippen molar-refractivity contribution in [1.82, 2.24) is 14.9 Å². The highest BCUT2D eigenvalue weighted by Crippen LogP contribution is 2.16. The summed E-state index contributed by atoms with van der Waals surface area (Å²) in [7, 11) is 0. The van der Waals surface area contributed by atoms with Crippen molar-refractivity contribution in [3.8, 4) is 0 Å². The Hall–Kier alpha value is -1.85. The van der Waals surface area contributed by atoms with Crippen LogP contribution in [0.4, 0.5) is 11.8 Å². The van der Waals surface area contributed by atoms with Gasteiger partial charge in [0.1, 0.15) is 11.9 Å². The largest absolute Gasteiger partial charge is 0.358 e. The molecule has 0 radical (unpaired) electrons. The van der Waals surface area contributed by atoms with Gasteiger partial charge >= 0.3 is 0 Å². The zero-order valence-electron chi connectivity index (χ0n) is 13.1. The first kappa shape index (κ1) is 15.5. The SMILES string of the molecule is CCNc1ncc(C)c(NC(C)C(=O)N2CCCCC2)n1. The molecule has 0 saturated carbocycles. The number of carbonyl (C=O) groups is 1. The van der Waals surface area contributed by atoms with Crippen LogP contribution < -0.4 is 10.6 Å². The van der Waals surface area contributed by atoms with E-state index in [-0.39, 0.29) is 11.9 Å². The first-order chi connectivity index (χ1) is 10.1. The smallest absolute Gasteiger partial charge is 0.244 e. The van der Waals surface area contributed by atoms with E-state index >= 15 is 0 Å². The second kappa shape index (κ2) is 7.24. The van der Waals surface area contributed by atoms with Gasteiger partial charge in [-0.3, -0.25) is 4.79 Å². The molecule has 2 heterocycles. The van der Waals surface area contributed by atoms with E-state index in [2.05, 4.69) is 20.6 Å². The second-order valence-corrected chi connectivity index (χ2v) is 5.51. The van der Waals surface area contributed by atoms with Crippen molar-refractivity contribution in [2.45, 2.75) is 46.1 Å². The van der Waals surface area contributed by atoms with Gasteiger partial charge in [0.25, 0.3) is 0 Å². The molecule has 1 amide bonds. The monoisotopic (exact) mass is 291 g/mol. The molecule has 0 aliphatic carbocycles. The molecule has 1 aliphatic heterocycles. The van der Waals surface area contributed by atoms with Crippen LogP contribution in [-0.2, 0) is 4.79 Å². The number of nitrogens with zero attached hydrogens (tertiary/aromatic N) is 3. The van der Waals surface area contributed by atoms with Crippen LogP contribution in [0.2, 0.25) is 0 Å². The highest BCUT2D eigenvalue weighted by atomic mass is 16.2. The van der Waals surface area contributed by atoms with Gasteiger partial charge in [-0.2, -0.15) is 4.98 Å². The summed E-state index contributed by atoms with van der Waals surface area (Å²) in [6.07, 6.45) is 5.21. The molecule has 116 valence electrons. The Labute approximate surface area is 126 Å². The number of aromatic nitrogens is 2. The van der Waals surface area contributed by atoms with Crippen molar-refractivity contribution in [3.05, 3.63) is 11.8 Å². The van der Waals surface area contributed by atoms with Crippen molar-refractivity contribution < 1.29 is 4.79 Å². The quantitative estimate of drug-likeness (QED) is 0.868. The Morgan fingerprint density at radius 2 is 2.10 bits per heavy atom. The predicted molar refractivity (Wildman–Crippen MR) is 84.4 cm³/mol. The fourth-order valence-corrected chi connectivity index (χ4v) is 2.49. The average Bonchev–Trinajstić information content (AvgIpc) is 2.51. The van der Waals surface area contributed by atoms with Crippen LogP contribution in [0.5, 0.6) is 0 Å². The molecule has 1 aromatic rings. The minimum Gasteiger partial charge on any atom is -0.358 e. The van der Waals surface area contributed by atoms with Crippen molar-refractivity contribution >= 4 is 17.7 Å². The molecule has 1 saturated heterocycles. The molecule has 1 aromatic heterocycles. The van der Waals surface area contributed by atoms with E-state index in [1.165, 1.54) is 6.42 Å². The van der Waals surface area contributed by atoms with Crippen LogP contribution in [0.3, 0.4) is 0 Å². The van der Waals surface area contributed by atoms with E-state index in [9.17, 15) is 4.79 Å². The summed E-state index contributed by atoms with van der Waals surface area (Å²) in [5.74, 6) is 1.46. The van der Waals surface area contributed by atoms with E-state index in [1.54, 1.807) is 6.20 Å². The summed E-state index contributed by atoms with van der Waals surface area (Å²) < 4.78 is 0. The van der Waals surface area contributed by atoms with Crippen molar-refractivity contribution in [3.63, 3.8) is 0 Å². The van der Waals surface area contributed by atoms with E-state index in [0.29, 0.717) is 5.95 Å². The maximum Gasteiger partial charge on any atom is 0.244 e. The first-order valence-corrected chi connectivity index (χ1v) is 7.74. The molecule has 0 bridgehead atoms. The van der Waals surface area contributed by atoms with Crippen LogP contribution >= 0.6 is 0 Å². The van der Waals surface area contributed by atoms with E-state index in [1.807, 2.05) is 25.7 Å². The van der Waals surface area contributed by atoms with Crippen molar-refractivity contribution in [2.75, 3.05) is 30.3 Å². The third-order valence-electron chi connectivity index (χ3n) is 3.70. The molecular weight excluding hydrogens is 266 g/mol. The van der Waals surface area contributed by atoms with Crippen molar-refractivity contribution in [1.29, 1.82) is 0 Å². The van der Waals surface area contributed by atoms with Gasteiger partial charge in [-0.25, -0.2) is 4.98 Å². The van der Waals surface area contributed by atoms with Gasteiger partial charge in [0.05, 0.1) is 0 Å². The molecule has 1 fully saturated rings. The number of hydrogen-bond donors (Lipinski definition) is 2. The fraction of sp³-hybridized carbons (Fsp3) is 0.667. The van der Waals surface area contributed by atoms with Crippen LogP contribution in [0, 0.1) is 6.92 Å². The molecule has 21 heavy (non-hydrogen) atoms. The van der Waals surface area contributed by atoms with E-state index < -0.39 is 0 Å². The van der Waals surface area contributed by atoms with Gasteiger partial charge in [0.15, 0.2) is 0 Å². The average molecular weight is 291 g/mol. The molecule has 0 spiro atoms. The van der Waals surface area contributed by atoms with Crippen LogP contribution in [0.25, 0.3) is 0 Å². The van der Waals surface area contributed by atoms with Crippen LogP contribution in [0.1, 0.15) is 38.7 Å². The number of likely N-dealkylation sites (tertiary alicyclic amines) is 1. The number of nitrogens with one attached hydrogen (secondary N) is 2. The number of hydrogen-bond acceptors (Lipinski definition) is 5. The summed E-state index contributed by atoms with van der Waals surface area (Å²) in [6.45, 7) is 8.34. The lowest BCUT2D eigenvalue weighted by Crippen LogP contribution is -2.44. The Kier molecular flexibility index (Phi) is 5.36. The Balaban J connectivity index is 2.02. The van der Waals surface area contributed by atoms with Gasteiger partial charge in [-0.05, 0) is 40.0 Å². The molecular formula is C15H25N5O. The lowest BCUT2D eigenvalue weighted by Gasteiger charge is -2.29. The minimum absolute atomic E-state index is 0.151. The highest BCUT2D eigenvalue weighted by molar-refractivity contribution is 5.84. The van der Waals surface area contributed by atoms with E-state index in [4.69, 9.17) is 0 Å². The summed E-state index contributed by atoms with van der Waals surface area (Å²) in [6, 6.07) is -0.272. The lowest BCUT2D eigenvalue weighted by molar-refractivity contribution is -0.132.